The molecule has 1 aromatic heterocycles. The lowest BCUT2D eigenvalue weighted by Crippen LogP contribution is -2.45. The third-order valence-electron chi connectivity index (χ3n) is 3.82. The summed E-state index contributed by atoms with van der Waals surface area (Å²) in [6.07, 6.45) is 4.58. The van der Waals surface area contributed by atoms with E-state index >= 15 is 0 Å². The van der Waals surface area contributed by atoms with Crippen LogP contribution in [0.3, 0.4) is 0 Å². The summed E-state index contributed by atoms with van der Waals surface area (Å²) in [6.45, 7) is 4.60. The van der Waals surface area contributed by atoms with Gasteiger partial charge in [-0.15, -0.1) is 0 Å². The van der Waals surface area contributed by atoms with Gasteiger partial charge in [-0.2, -0.15) is 17.0 Å². The predicted molar refractivity (Wildman–Crippen MR) is 84.1 cm³/mol. The van der Waals surface area contributed by atoms with Crippen molar-refractivity contribution in [3.05, 3.63) is 29.6 Å². The Hall–Kier alpha value is -0.980. The van der Waals surface area contributed by atoms with Crippen LogP contribution in [0.5, 0.6) is 0 Å². The van der Waals surface area contributed by atoms with Gasteiger partial charge in [-0.05, 0) is 36.8 Å². The fourth-order valence-corrected chi connectivity index (χ4v) is 4.25. The zero-order chi connectivity index (χ0) is 15.6. The van der Waals surface area contributed by atoms with Gasteiger partial charge < -0.3 is 0 Å². The molecule has 0 fully saturated rings. The van der Waals surface area contributed by atoms with Crippen molar-refractivity contribution < 1.29 is 8.42 Å². The summed E-state index contributed by atoms with van der Waals surface area (Å²) < 4.78 is 28.3. The van der Waals surface area contributed by atoms with Crippen molar-refractivity contribution in [3.63, 3.8) is 0 Å². The molecule has 0 spiro atoms. The molecule has 0 saturated heterocycles. The molecular weight excluding hydrogens is 286 g/mol. The average molecular weight is 311 g/mol. The molecule has 1 aliphatic carbocycles. The first kappa shape index (κ1) is 16.4. The molecule has 1 atom stereocenters. The molecule has 5 nitrogen and oxygen atoms in total. The van der Waals surface area contributed by atoms with E-state index in [1.54, 1.807) is 24.6 Å². The van der Waals surface area contributed by atoms with Crippen molar-refractivity contribution in [3.8, 4) is 0 Å². The first-order valence-corrected chi connectivity index (χ1v) is 8.86. The third kappa shape index (κ3) is 3.44. The maximum Gasteiger partial charge on any atom is 0.282 e. The monoisotopic (exact) mass is 311 g/mol. The van der Waals surface area contributed by atoms with E-state index in [4.69, 9.17) is 0 Å². The van der Waals surface area contributed by atoms with Crippen molar-refractivity contribution in [2.24, 2.45) is 5.92 Å². The number of hydrogen-bond acceptors (Lipinski definition) is 3. The molecule has 118 valence electrons. The molecule has 0 aromatic carbocycles. The maximum atomic E-state index is 12.7. The minimum absolute atomic E-state index is 0.148. The summed E-state index contributed by atoms with van der Waals surface area (Å²) >= 11 is 0. The SMILES string of the molecule is CC(C)CN(C1CCCc2cccnc21)S(=O)(=O)N(C)C. The summed E-state index contributed by atoms with van der Waals surface area (Å²) in [5.41, 5.74) is 2.10. The van der Waals surface area contributed by atoms with Crippen LogP contribution >= 0.6 is 0 Å². The second-order valence-corrected chi connectivity index (χ2v) is 8.30. The molecule has 1 heterocycles. The first-order chi connectivity index (χ1) is 9.84. The highest BCUT2D eigenvalue weighted by atomic mass is 32.2. The predicted octanol–water partition coefficient (Wildman–Crippen LogP) is 2.22. The second kappa shape index (κ2) is 6.42. The van der Waals surface area contributed by atoms with Gasteiger partial charge in [0.05, 0.1) is 11.7 Å². The molecule has 6 heteroatoms. The number of pyridine rings is 1. The van der Waals surface area contributed by atoms with Gasteiger partial charge in [0.15, 0.2) is 0 Å². The van der Waals surface area contributed by atoms with E-state index in [1.807, 2.05) is 19.9 Å². The van der Waals surface area contributed by atoms with E-state index in [0.717, 1.165) is 25.0 Å². The van der Waals surface area contributed by atoms with Crippen LogP contribution in [-0.2, 0) is 16.6 Å². The van der Waals surface area contributed by atoms with E-state index in [9.17, 15) is 8.42 Å². The lowest BCUT2D eigenvalue weighted by Gasteiger charge is -2.36. The van der Waals surface area contributed by atoms with Crippen LogP contribution in [0, 0.1) is 5.92 Å². The fourth-order valence-electron chi connectivity index (χ4n) is 2.82. The van der Waals surface area contributed by atoms with Crippen molar-refractivity contribution >= 4 is 10.2 Å². The molecule has 0 radical (unpaired) electrons. The fraction of sp³-hybridized carbons (Fsp3) is 0.667. The Kier molecular flexibility index (Phi) is 5.01. The Labute approximate surface area is 128 Å². The Balaban J connectivity index is 2.44. The smallest absolute Gasteiger partial charge is 0.259 e. The molecule has 1 unspecified atom stereocenters. The average Bonchev–Trinajstić information content (AvgIpc) is 2.44. The highest BCUT2D eigenvalue weighted by Crippen LogP contribution is 2.35. The van der Waals surface area contributed by atoms with Gasteiger partial charge in [-0.25, -0.2) is 0 Å². The van der Waals surface area contributed by atoms with Gasteiger partial charge in [0.25, 0.3) is 10.2 Å². The van der Waals surface area contributed by atoms with E-state index in [0.29, 0.717) is 6.54 Å². The van der Waals surface area contributed by atoms with Crippen LogP contribution in [0.4, 0.5) is 0 Å². The van der Waals surface area contributed by atoms with E-state index in [-0.39, 0.29) is 12.0 Å². The molecule has 2 rings (SSSR count). The molecule has 0 amide bonds. The van der Waals surface area contributed by atoms with Gasteiger partial charge >= 0.3 is 0 Å². The standard InChI is InChI=1S/C15H25N3O2S/c1-12(2)11-18(21(19,20)17(3)4)14-9-5-7-13-8-6-10-16-15(13)14/h6,8,10,12,14H,5,7,9,11H2,1-4H3. The highest BCUT2D eigenvalue weighted by Gasteiger charge is 2.36. The molecular formula is C15H25N3O2S. The number of nitrogens with zero attached hydrogens (tertiary/aromatic N) is 3. The van der Waals surface area contributed by atoms with Crippen molar-refractivity contribution in [2.45, 2.75) is 39.2 Å². The van der Waals surface area contributed by atoms with Crippen molar-refractivity contribution in [1.29, 1.82) is 0 Å². The van der Waals surface area contributed by atoms with Crippen molar-refractivity contribution in [1.82, 2.24) is 13.6 Å². The molecule has 0 aliphatic heterocycles. The molecule has 0 bridgehead atoms. The zero-order valence-corrected chi connectivity index (χ0v) is 14.1. The molecule has 1 aliphatic rings. The summed E-state index contributed by atoms with van der Waals surface area (Å²) in [5, 5.41) is 0. The van der Waals surface area contributed by atoms with E-state index in [1.165, 1.54) is 9.87 Å². The summed E-state index contributed by atoms with van der Waals surface area (Å²) in [7, 11) is -0.273. The van der Waals surface area contributed by atoms with Crippen LogP contribution in [0.2, 0.25) is 0 Å². The summed E-state index contributed by atoms with van der Waals surface area (Å²) in [5.74, 6) is 0.272. The van der Waals surface area contributed by atoms with Crippen LogP contribution in [0.25, 0.3) is 0 Å². The van der Waals surface area contributed by atoms with Gasteiger partial charge in [-0.3, -0.25) is 4.98 Å². The van der Waals surface area contributed by atoms with Gasteiger partial charge in [0.2, 0.25) is 0 Å². The van der Waals surface area contributed by atoms with E-state index < -0.39 is 10.2 Å². The lowest BCUT2D eigenvalue weighted by molar-refractivity contribution is 0.250. The van der Waals surface area contributed by atoms with Gasteiger partial charge in [0.1, 0.15) is 0 Å². The minimum Gasteiger partial charge on any atom is -0.259 e. The van der Waals surface area contributed by atoms with Gasteiger partial charge in [-0.1, -0.05) is 19.9 Å². The van der Waals surface area contributed by atoms with E-state index in [2.05, 4.69) is 11.1 Å². The topological polar surface area (TPSA) is 53.5 Å². The number of rotatable bonds is 5. The van der Waals surface area contributed by atoms with Crippen LogP contribution in [0.1, 0.15) is 44.0 Å². The number of aryl methyl sites for hydroxylation is 1. The number of fused-ring (bicyclic) bond motifs is 1. The van der Waals surface area contributed by atoms with Crippen LogP contribution in [-0.4, -0.2) is 42.7 Å². The minimum atomic E-state index is -3.45. The highest BCUT2D eigenvalue weighted by molar-refractivity contribution is 7.86. The zero-order valence-electron chi connectivity index (χ0n) is 13.3. The third-order valence-corrected chi connectivity index (χ3v) is 5.74. The molecule has 0 N–H and O–H groups in total. The van der Waals surface area contributed by atoms with Crippen LogP contribution < -0.4 is 0 Å². The van der Waals surface area contributed by atoms with Crippen molar-refractivity contribution in [2.75, 3.05) is 20.6 Å². The molecule has 1 aromatic rings. The summed E-state index contributed by atoms with van der Waals surface area (Å²) in [4.78, 5) is 4.48. The lowest BCUT2D eigenvalue weighted by atomic mass is 9.91. The molecule has 0 saturated carbocycles. The number of aromatic nitrogens is 1. The Morgan fingerprint density at radius 2 is 2.10 bits per heavy atom. The first-order valence-electron chi connectivity index (χ1n) is 7.47. The van der Waals surface area contributed by atoms with Crippen LogP contribution in [0.15, 0.2) is 18.3 Å². The largest absolute Gasteiger partial charge is 0.282 e. The quantitative estimate of drug-likeness (QED) is 0.838. The normalized spacial score (nSPS) is 19.3. The Morgan fingerprint density at radius 3 is 2.71 bits per heavy atom. The van der Waals surface area contributed by atoms with Gasteiger partial charge in [0, 0.05) is 26.8 Å². The Bertz CT molecular complexity index is 584. The summed E-state index contributed by atoms with van der Waals surface area (Å²) in [6, 6.07) is 3.84. The molecule has 21 heavy (non-hydrogen) atoms. The Morgan fingerprint density at radius 1 is 1.38 bits per heavy atom. The number of hydrogen-bond donors (Lipinski definition) is 0. The second-order valence-electron chi connectivity index (χ2n) is 6.21. The maximum absolute atomic E-state index is 12.7.